The zero-order chi connectivity index (χ0) is 12.8. The lowest BCUT2D eigenvalue weighted by Crippen LogP contribution is -2.40. The van der Waals surface area contributed by atoms with Crippen LogP contribution in [0.4, 0.5) is 0 Å². The predicted molar refractivity (Wildman–Crippen MR) is 73.2 cm³/mol. The average Bonchev–Trinajstić information content (AvgIpc) is 2.30. The summed E-state index contributed by atoms with van der Waals surface area (Å²) in [5.74, 6) is -0.120. The molecule has 3 nitrogen and oxygen atoms in total. The average molecular weight is 252 g/mol. The Morgan fingerprint density at radius 1 is 1.35 bits per heavy atom. The first-order chi connectivity index (χ1) is 8.02. The minimum absolute atomic E-state index is 0.120. The molecule has 0 fully saturated rings. The summed E-state index contributed by atoms with van der Waals surface area (Å²) in [4.78, 5) is 12.5. The maximum atomic E-state index is 11.3. The third-order valence-electron chi connectivity index (χ3n) is 2.33. The van der Waals surface area contributed by atoms with E-state index in [1.54, 1.807) is 7.05 Å². The van der Waals surface area contributed by atoms with Crippen molar-refractivity contribution in [2.24, 2.45) is 5.73 Å². The number of carbonyl (C=O) groups is 1. The fraction of sp³-hybridized carbons (Fsp3) is 0.462. The second-order valence-corrected chi connectivity index (χ2v) is 5.89. The van der Waals surface area contributed by atoms with Crippen molar-refractivity contribution in [1.29, 1.82) is 0 Å². The number of benzene rings is 1. The van der Waals surface area contributed by atoms with Gasteiger partial charge in [0.1, 0.15) is 0 Å². The minimum atomic E-state index is -0.469. The van der Waals surface area contributed by atoms with E-state index >= 15 is 0 Å². The summed E-state index contributed by atoms with van der Waals surface area (Å²) in [6.07, 6.45) is 0.576. The van der Waals surface area contributed by atoms with E-state index in [1.807, 2.05) is 23.9 Å². The van der Waals surface area contributed by atoms with Gasteiger partial charge in [0.2, 0.25) is 5.91 Å². The van der Waals surface area contributed by atoms with E-state index in [-0.39, 0.29) is 5.91 Å². The third kappa shape index (κ3) is 4.79. The Balaban J connectivity index is 2.59. The number of rotatable bonds is 5. The molecule has 0 aliphatic carbocycles. The Morgan fingerprint density at radius 3 is 2.41 bits per heavy atom. The van der Waals surface area contributed by atoms with E-state index in [0.29, 0.717) is 11.7 Å². The summed E-state index contributed by atoms with van der Waals surface area (Å²) >= 11 is 1.83. The van der Waals surface area contributed by atoms with Gasteiger partial charge in [0, 0.05) is 17.2 Å². The van der Waals surface area contributed by atoms with Gasteiger partial charge in [0.25, 0.3) is 0 Å². The van der Waals surface area contributed by atoms with E-state index in [9.17, 15) is 4.79 Å². The molecule has 0 aliphatic rings. The molecular weight excluding hydrogens is 232 g/mol. The molecule has 1 aromatic rings. The maximum absolute atomic E-state index is 11.3. The Labute approximate surface area is 107 Å². The van der Waals surface area contributed by atoms with Gasteiger partial charge < -0.3 is 11.1 Å². The molecular formula is C13H20N2OS. The molecule has 1 atom stereocenters. The van der Waals surface area contributed by atoms with E-state index < -0.39 is 6.04 Å². The fourth-order valence-electron chi connectivity index (χ4n) is 1.51. The number of nitrogens with two attached hydrogens (primary N) is 1. The first-order valence-corrected chi connectivity index (χ1v) is 6.63. The number of amides is 1. The second kappa shape index (κ2) is 6.67. The van der Waals surface area contributed by atoms with Gasteiger partial charge in [-0.15, -0.1) is 11.8 Å². The molecule has 4 heteroatoms. The van der Waals surface area contributed by atoms with Crippen LogP contribution in [0.1, 0.15) is 19.4 Å². The molecule has 1 rings (SSSR count). The van der Waals surface area contributed by atoms with Crippen molar-refractivity contribution in [3.8, 4) is 0 Å². The normalized spacial score (nSPS) is 12.5. The molecule has 3 N–H and O–H groups in total. The van der Waals surface area contributed by atoms with Gasteiger partial charge in [-0.1, -0.05) is 26.0 Å². The molecule has 94 valence electrons. The first kappa shape index (κ1) is 14.1. The van der Waals surface area contributed by atoms with Crippen LogP contribution in [-0.2, 0) is 11.2 Å². The van der Waals surface area contributed by atoms with Crippen LogP contribution >= 0.6 is 11.8 Å². The number of hydrogen-bond acceptors (Lipinski definition) is 3. The van der Waals surface area contributed by atoms with Gasteiger partial charge in [0.05, 0.1) is 6.04 Å². The smallest absolute Gasteiger partial charge is 0.237 e. The highest BCUT2D eigenvalue weighted by molar-refractivity contribution is 7.99. The summed E-state index contributed by atoms with van der Waals surface area (Å²) in [7, 11) is 1.60. The van der Waals surface area contributed by atoms with Crippen LogP contribution in [0.5, 0.6) is 0 Å². The SMILES string of the molecule is CNC(=O)C(N)Cc1ccc(SC(C)C)cc1. The third-order valence-corrected chi connectivity index (χ3v) is 3.35. The summed E-state index contributed by atoms with van der Waals surface area (Å²) in [5.41, 5.74) is 6.85. The fourth-order valence-corrected chi connectivity index (χ4v) is 2.35. The highest BCUT2D eigenvalue weighted by atomic mass is 32.2. The Hall–Kier alpha value is -1.00. The number of nitrogens with one attached hydrogen (secondary N) is 1. The van der Waals surface area contributed by atoms with Crippen LogP contribution in [0.3, 0.4) is 0 Å². The van der Waals surface area contributed by atoms with Crippen molar-refractivity contribution < 1.29 is 4.79 Å². The molecule has 0 radical (unpaired) electrons. The Morgan fingerprint density at radius 2 is 1.94 bits per heavy atom. The lowest BCUT2D eigenvalue weighted by atomic mass is 10.1. The zero-order valence-corrected chi connectivity index (χ0v) is 11.4. The molecule has 17 heavy (non-hydrogen) atoms. The summed E-state index contributed by atoms with van der Waals surface area (Å²) in [6, 6.07) is 7.76. The van der Waals surface area contributed by atoms with E-state index in [4.69, 9.17) is 5.73 Å². The van der Waals surface area contributed by atoms with Gasteiger partial charge in [-0.3, -0.25) is 4.79 Å². The van der Waals surface area contributed by atoms with Crippen LogP contribution < -0.4 is 11.1 Å². The van der Waals surface area contributed by atoms with Gasteiger partial charge in [0.15, 0.2) is 0 Å². The van der Waals surface area contributed by atoms with Gasteiger partial charge in [-0.25, -0.2) is 0 Å². The number of carbonyl (C=O) groups excluding carboxylic acids is 1. The maximum Gasteiger partial charge on any atom is 0.237 e. The Bertz CT molecular complexity index is 362. The summed E-state index contributed by atoms with van der Waals surface area (Å²) in [5, 5.41) is 3.13. The quantitative estimate of drug-likeness (QED) is 0.786. The molecule has 0 saturated heterocycles. The van der Waals surface area contributed by atoms with Crippen molar-refractivity contribution in [3.63, 3.8) is 0 Å². The zero-order valence-electron chi connectivity index (χ0n) is 10.6. The monoisotopic (exact) mass is 252 g/mol. The van der Waals surface area contributed by atoms with Crippen LogP contribution in [0, 0.1) is 0 Å². The van der Waals surface area contributed by atoms with Crippen LogP contribution in [-0.4, -0.2) is 24.2 Å². The number of hydrogen-bond donors (Lipinski definition) is 2. The summed E-state index contributed by atoms with van der Waals surface area (Å²) in [6.45, 7) is 4.33. The molecule has 1 unspecified atom stereocenters. The Kier molecular flexibility index (Phi) is 5.51. The van der Waals surface area contributed by atoms with E-state index in [0.717, 1.165) is 5.56 Å². The topological polar surface area (TPSA) is 55.1 Å². The first-order valence-electron chi connectivity index (χ1n) is 5.75. The standard InChI is InChI=1S/C13H20N2OS/c1-9(2)17-11-6-4-10(5-7-11)8-12(14)13(16)15-3/h4-7,9,12H,8,14H2,1-3H3,(H,15,16). The van der Waals surface area contributed by atoms with Gasteiger partial charge in [-0.2, -0.15) is 0 Å². The molecule has 0 aliphatic heterocycles. The van der Waals surface area contributed by atoms with Gasteiger partial charge >= 0.3 is 0 Å². The van der Waals surface area contributed by atoms with Crippen LogP contribution in [0.25, 0.3) is 0 Å². The summed E-state index contributed by atoms with van der Waals surface area (Å²) < 4.78 is 0. The number of thioether (sulfide) groups is 1. The molecule has 0 spiro atoms. The van der Waals surface area contributed by atoms with Crippen molar-refractivity contribution in [2.45, 2.75) is 36.5 Å². The van der Waals surface area contributed by atoms with Crippen molar-refractivity contribution >= 4 is 17.7 Å². The lowest BCUT2D eigenvalue weighted by molar-refractivity contribution is -0.121. The lowest BCUT2D eigenvalue weighted by Gasteiger charge is -2.10. The molecule has 0 heterocycles. The van der Waals surface area contributed by atoms with Crippen LogP contribution in [0.15, 0.2) is 29.2 Å². The highest BCUT2D eigenvalue weighted by Gasteiger charge is 2.11. The predicted octanol–water partition coefficient (Wildman–Crippen LogP) is 1.80. The van der Waals surface area contributed by atoms with Crippen molar-refractivity contribution in [1.82, 2.24) is 5.32 Å². The molecule has 0 saturated carbocycles. The molecule has 1 amide bonds. The van der Waals surface area contributed by atoms with E-state index in [1.165, 1.54) is 4.90 Å². The second-order valence-electron chi connectivity index (χ2n) is 4.24. The molecule has 0 aromatic heterocycles. The largest absolute Gasteiger partial charge is 0.358 e. The number of likely N-dealkylation sites (N-methyl/N-ethyl adjacent to an activating group) is 1. The molecule has 0 bridgehead atoms. The minimum Gasteiger partial charge on any atom is -0.358 e. The van der Waals surface area contributed by atoms with Crippen molar-refractivity contribution in [3.05, 3.63) is 29.8 Å². The highest BCUT2D eigenvalue weighted by Crippen LogP contribution is 2.23. The van der Waals surface area contributed by atoms with Gasteiger partial charge in [-0.05, 0) is 24.1 Å². The van der Waals surface area contributed by atoms with Crippen molar-refractivity contribution in [2.75, 3.05) is 7.05 Å². The van der Waals surface area contributed by atoms with E-state index in [2.05, 4.69) is 31.3 Å². The van der Waals surface area contributed by atoms with Crippen LogP contribution in [0.2, 0.25) is 0 Å². The molecule has 1 aromatic carbocycles.